The first kappa shape index (κ1) is 16.0. The van der Waals surface area contributed by atoms with Crippen molar-refractivity contribution in [2.75, 3.05) is 19.6 Å². The lowest BCUT2D eigenvalue weighted by atomic mass is 9.96. The zero-order chi connectivity index (χ0) is 15.5. The van der Waals surface area contributed by atoms with E-state index in [4.69, 9.17) is 5.11 Å². The fourth-order valence-electron chi connectivity index (χ4n) is 2.49. The maximum absolute atomic E-state index is 12.3. The van der Waals surface area contributed by atoms with Crippen molar-refractivity contribution >= 4 is 0 Å². The van der Waals surface area contributed by atoms with Crippen molar-refractivity contribution in [1.29, 1.82) is 0 Å². The van der Waals surface area contributed by atoms with Crippen molar-refractivity contribution in [3.05, 3.63) is 28.9 Å². The second-order valence-electron chi connectivity index (χ2n) is 5.37. The topological polar surface area (TPSA) is 58.4 Å². The molecule has 1 aliphatic rings. The number of likely N-dealkylation sites (tertiary alicyclic amines) is 1. The Balaban J connectivity index is 1.81. The van der Waals surface area contributed by atoms with Gasteiger partial charge in [-0.1, -0.05) is 0 Å². The number of aliphatic hydroxyl groups is 1. The highest BCUT2D eigenvalue weighted by molar-refractivity contribution is 4.84. The Bertz CT molecular complexity index is 510. The van der Waals surface area contributed by atoms with Crippen LogP contribution in [0.15, 0.2) is 23.4 Å². The lowest BCUT2D eigenvalue weighted by Crippen LogP contribution is -2.44. The zero-order valence-electron chi connectivity index (χ0n) is 11.5. The predicted molar refractivity (Wildman–Crippen MR) is 69.7 cm³/mol. The number of aromatic nitrogens is 2. The second-order valence-corrected chi connectivity index (χ2v) is 5.37. The Labute approximate surface area is 120 Å². The quantitative estimate of drug-likeness (QED) is 0.897. The van der Waals surface area contributed by atoms with Crippen LogP contribution in [0.3, 0.4) is 0 Å². The molecule has 2 heterocycles. The maximum atomic E-state index is 12.3. The molecule has 0 aliphatic carbocycles. The van der Waals surface area contributed by atoms with E-state index in [-0.39, 0.29) is 18.0 Å². The molecule has 1 saturated heterocycles. The SMILES string of the molecule is O=c1ccncn1CC1CCN(CC(O)C(F)(F)F)CC1. The van der Waals surface area contributed by atoms with Crippen LogP contribution >= 0.6 is 0 Å². The summed E-state index contributed by atoms with van der Waals surface area (Å²) >= 11 is 0. The highest BCUT2D eigenvalue weighted by Crippen LogP contribution is 2.23. The summed E-state index contributed by atoms with van der Waals surface area (Å²) in [7, 11) is 0. The minimum Gasteiger partial charge on any atom is -0.382 e. The molecule has 0 saturated carbocycles. The van der Waals surface area contributed by atoms with E-state index < -0.39 is 12.3 Å². The average Bonchev–Trinajstić information content (AvgIpc) is 2.42. The van der Waals surface area contributed by atoms with Gasteiger partial charge in [-0.05, 0) is 31.8 Å². The number of halogens is 3. The first-order valence-corrected chi connectivity index (χ1v) is 6.84. The monoisotopic (exact) mass is 305 g/mol. The highest BCUT2D eigenvalue weighted by atomic mass is 19.4. The van der Waals surface area contributed by atoms with Crippen LogP contribution in [0.25, 0.3) is 0 Å². The Morgan fingerprint density at radius 3 is 2.62 bits per heavy atom. The molecule has 0 bridgehead atoms. The van der Waals surface area contributed by atoms with E-state index in [2.05, 4.69) is 4.98 Å². The summed E-state index contributed by atoms with van der Waals surface area (Å²) in [4.78, 5) is 17.1. The first-order valence-electron chi connectivity index (χ1n) is 6.84. The summed E-state index contributed by atoms with van der Waals surface area (Å²) in [6, 6.07) is 1.38. The van der Waals surface area contributed by atoms with Crippen LogP contribution in [-0.2, 0) is 6.54 Å². The lowest BCUT2D eigenvalue weighted by Gasteiger charge is -2.33. The van der Waals surface area contributed by atoms with E-state index in [9.17, 15) is 18.0 Å². The molecule has 1 aromatic heterocycles. The summed E-state index contributed by atoms with van der Waals surface area (Å²) < 4.78 is 38.4. The zero-order valence-corrected chi connectivity index (χ0v) is 11.5. The van der Waals surface area contributed by atoms with Crippen molar-refractivity contribution in [2.24, 2.45) is 5.92 Å². The van der Waals surface area contributed by atoms with Gasteiger partial charge in [-0.15, -0.1) is 0 Å². The average molecular weight is 305 g/mol. The van der Waals surface area contributed by atoms with Crippen molar-refractivity contribution in [1.82, 2.24) is 14.5 Å². The molecule has 0 radical (unpaired) electrons. The molecule has 1 fully saturated rings. The number of alkyl halides is 3. The summed E-state index contributed by atoms with van der Waals surface area (Å²) in [6.07, 6.45) is -2.56. The Kier molecular flexibility index (Phi) is 5.00. The van der Waals surface area contributed by atoms with E-state index in [0.29, 0.717) is 32.5 Å². The number of rotatable bonds is 4. The fourth-order valence-corrected chi connectivity index (χ4v) is 2.49. The molecule has 0 amide bonds. The van der Waals surface area contributed by atoms with Gasteiger partial charge in [0, 0.05) is 25.4 Å². The van der Waals surface area contributed by atoms with E-state index >= 15 is 0 Å². The molecule has 5 nitrogen and oxygen atoms in total. The van der Waals surface area contributed by atoms with Gasteiger partial charge in [-0.2, -0.15) is 13.2 Å². The Morgan fingerprint density at radius 2 is 2.05 bits per heavy atom. The van der Waals surface area contributed by atoms with Gasteiger partial charge >= 0.3 is 6.18 Å². The molecule has 2 rings (SSSR count). The lowest BCUT2D eigenvalue weighted by molar-refractivity contribution is -0.208. The minimum atomic E-state index is -4.57. The van der Waals surface area contributed by atoms with Crippen LogP contribution in [0.1, 0.15) is 12.8 Å². The van der Waals surface area contributed by atoms with Crippen molar-refractivity contribution in [2.45, 2.75) is 31.7 Å². The number of aliphatic hydroxyl groups excluding tert-OH is 1. The van der Waals surface area contributed by atoms with E-state index in [1.54, 1.807) is 4.90 Å². The number of β-amino-alcohol motifs (C(OH)–C–C–N with tert-alkyl or cyclic N) is 1. The molecular formula is C13H18F3N3O2. The molecule has 1 aromatic rings. The van der Waals surface area contributed by atoms with Gasteiger partial charge in [-0.25, -0.2) is 4.98 Å². The fraction of sp³-hybridized carbons (Fsp3) is 0.692. The molecule has 0 spiro atoms. The van der Waals surface area contributed by atoms with Crippen molar-refractivity contribution < 1.29 is 18.3 Å². The minimum absolute atomic E-state index is 0.125. The van der Waals surface area contributed by atoms with Crippen LogP contribution in [0.4, 0.5) is 13.2 Å². The van der Waals surface area contributed by atoms with Gasteiger partial charge in [0.05, 0.1) is 6.33 Å². The predicted octanol–water partition coefficient (Wildman–Crippen LogP) is 0.879. The number of piperidine rings is 1. The largest absolute Gasteiger partial charge is 0.415 e. The van der Waals surface area contributed by atoms with E-state index in [0.717, 1.165) is 0 Å². The van der Waals surface area contributed by atoms with Crippen LogP contribution in [0, 0.1) is 5.92 Å². The third-order valence-electron chi connectivity index (χ3n) is 3.76. The summed E-state index contributed by atoms with van der Waals surface area (Å²) in [5, 5.41) is 9.06. The van der Waals surface area contributed by atoms with Gasteiger partial charge in [-0.3, -0.25) is 9.36 Å². The van der Waals surface area contributed by atoms with Crippen LogP contribution in [0.5, 0.6) is 0 Å². The molecule has 8 heteroatoms. The molecule has 118 valence electrons. The highest BCUT2D eigenvalue weighted by Gasteiger charge is 2.39. The molecule has 1 N–H and O–H groups in total. The summed E-state index contributed by atoms with van der Waals surface area (Å²) in [6.45, 7) is 1.13. The normalized spacial score (nSPS) is 19.6. The Hall–Kier alpha value is -1.41. The molecule has 0 aromatic carbocycles. The molecule has 1 atom stereocenters. The van der Waals surface area contributed by atoms with Crippen molar-refractivity contribution in [3.8, 4) is 0 Å². The smallest absolute Gasteiger partial charge is 0.382 e. The van der Waals surface area contributed by atoms with Crippen molar-refractivity contribution in [3.63, 3.8) is 0 Å². The van der Waals surface area contributed by atoms with Gasteiger partial charge in [0.2, 0.25) is 0 Å². The van der Waals surface area contributed by atoms with Gasteiger partial charge in [0.1, 0.15) is 0 Å². The Morgan fingerprint density at radius 1 is 1.38 bits per heavy atom. The van der Waals surface area contributed by atoms with E-state index in [1.807, 2.05) is 0 Å². The number of hydrogen-bond acceptors (Lipinski definition) is 4. The second kappa shape index (κ2) is 6.57. The molecule has 1 unspecified atom stereocenters. The molecular weight excluding hydrogens is 287 g/mol. The number of nitrogens with zero attached hydrogens (tertiary/aromatic N) is 3. The van der Waals surface area contributed by atoms with Gasteiger partial charge in [0.25, 0.3) is 5.56 Å². The van der Waals surface area contributed by atoms with E-state index in [1.165, 1.54) is 23.2 Å². The number of hydrogen-bond donors (Lipinski definition) is 1. The van der Waals surface area contributed by atoms with Gasteiger partial charge in [0.15, 0.2) is 6.10 Å². The third kappa shape index (κ3) is 4.53. The van der Waals surface area contributed by atoms with Crippen LogP contribution < -0.4 is 5.56 Å². The summed E-state index contributed by atoms with van der Waals surface area (Å²) in [5.41, 5.74) is -0.125. The van der Waals surface area contributed by atoms with Crippen LogP contribution in [-0.4, -0.2) is 51.5 Å². The standard InChI is InChI=1S/C13H18F3N3O2/c14-13(15,16)11(20)8-18-5-2-10(3-6-18)7-19-9-17-4-1-12(19)21/h1,4,9-11,20H,2-3,5-8H2. The third-order valence-corrected chi connectivity index (χ3v) is 3.76. The molecule has 21 heavy (non-hydrogen) atoms. The maximum Gasteiger partial charge on any atom is 0.415 e. The summed E-state index contributed by atoms with van der Waals surface area (Å²) in [5.74, 6) is 0.242. The molecule has 1 aliphatic heterocycles. The first-order chi connectivity index (χ1) is 9.86. The van der Waals surface area contributed by atoms with Gasteiger partial charge < -0.3 is 10.0 Å². The van der Waals surface area contributed by atoms with Crippen LogP contribution in [0.2, 0.25) is 0 Å².